The van der Waals surface area contributed by atoms with Gasteiger partial charge in [0, 0.05) is 19.0 Å². The molecular weight excluding hydrogens is 166 g/mol. The van der Waals surface area contributed by atoms with E-state index in [-0.39, 0.29) is 0 Å². The first-order valence-electron chi connectivity index (χ1n) is 4.69. The molecule has 5 nitrogen and oxygen atoms in total. The molecule has 3 N–H and O–H groups in total. The van der Waals surface area contributed by atoms with Crippen LogP contribution in [0.1, 0.15) is 6.42 Å². The second-order valence-electron chi connectivity index (χ2n) is 3.59. The molecule has 0 bridgehead atoms. The van der Waals surface area contributed by atoms with Crippen LogP contribution in [-0.4, -0.2) is 36.4 Å². The summed E-state index contributed by atoms with van der Waals surface area (Å²) in [4.78, 5) is 4.17. The van der Waals surface area contributed by atoms with Crippen molar-refractivity contribution >= 4 is 6.21 Å². The van der Waals surface area contributed by atoms with Gasteiger partial charge in [-0.1, -0.05) is 0 Å². The molecule has 3 heterocycles. The van der Waals surface area contributed by atoms with E-state index in [1.165, 1.54) is 12.1 Å². The molecule has 0 radical (unpaired) electrons. The van der Waals surface area contributed by atoms with Crippen LogP contribution < -0.4 is 16.3 Å². The highest BCUT2D eigenvalue weighted by molar-refractivity contribution is 5.73. The summed E-state index contributed by atoms with van der Waals surface area (Å²) in [6.07, 6.45) is 5.05. The Morgan fingerprint density at radius 2 is 2.54 bits per heavy atom. The molecule has 13 heavy (non-hydrogen) atoms. The van der Waals surface area contributed by atoms with Crippen LogP contribution in [0.15, 0.2) is 16.9 Å². The quantitative estimate of drug-likeness (QED) is 0.445. The van der Waals surface area contributed by atoms with Gasteiger partial charge in [-0.2, -0.15) is 5.53 Å². The lowest BCUT2D eigenvalue weighted by atomic mass is 10.2. The molecule has 2 fully saturated rings. The fourth-order valence-electron chi connectivity index (χ4n) is 2.07. The average molecular weight is 179 g/mol. The minimum absolute atomic E-state index is 0.303. The third-order valence-corrected chi connectivity index (χ3v) is 2.78. The van der Waals surface area contributed by atoms with Crippen LogP contribution in [0.5, 0.6) is 0 Å². The maximum absolute atomic E-state index is 4.17. The van der Waals surface area contributed by atoms with Crippen LogP contribution in [-0.2, 0) is 0 Å². The van der Waals surface area contributed by atoms with Gasteiger partial charge in [-0.25, -0.2) is 5.43 Å². The van der Waals surface area contributed by atoms with Crippen LogP contribution in [0.3, 0.4) is 0 Å². The van der Waals surface area contributed by atoms with Gasteiger partial charge in [0.05, 0.1) is 17.8 Å². The molecule has 70 valence electrons. The summed E-state index contributed by atoms with van der Waals surface area (Å²) < 4.78 is 0. The molecule has 0 aromatic carbocycles. The normalized spacial score (nSPS) is 36.9. The lowest BCUT2D eigenvalue weighted by molar-refractivity contribution is 0.235. The number of nitrogens with one attached hydrogen (secondary N) is 3. The molecule has 2 unspecified atom stereocenters. The number of rotatable bonds is 0. The Morgan fingerprint density at radius 1 is 1.54 bits per heavy atom. The van der Waals surface area contributed by atoms with Crippen LogP contribution in [0.2, 0.25) is 0 Å². The highest BCUT2D eigenvalue weighted by Gasteiger charge is 2.33. The van der Waals surface area contributed by atoms with E-state index in [1.807, 2.05) is 12.4 Å². The molecule has 0 aliphatic carbocycles. The Hall–Kier alpha value is -0.910. The topological polar surface area (TPSA) is 51.7 Å². The maximum atomic E-state index is 4.17. The van der Waals surface area contributed by atoms with E-state index >= 15 is 0 Å². The van der Waals surface area contributed by atoms with E-state index in [4.69, 9.17) is 0 Å². The lowest BCUT2D eigenvalue weighted by Gasteiger charge is -2.24. The summed E-state index contributed by atoms with van der Waals surface area (Å²) in [5, 5.41) is 5.64. The molecule has 0 saturated carbocycles. The second kappa shape index (κ2) is 2.80. The van der Waals surface area contributed by atoms with E-state index in [1.54, 1.807) is 0 Å². The third kappa shape index (κ3) is 1.08. The molecule has 5 heteroatoms. The SMILES string of the molecule is C1=NC=C2C1NCCC1CNNN21. The number of fused-ring (bicyclic) bond motifs is 3. The Kier molecular flexibility index (Phi) is 1.61. The predicted molar refractivity (Wildman–Crippen MR) is 49.7 cm³/mol. The fourth-order valence-corrected chi connectivity index (χ4v) is 2.07. The first-order valence-corrected chi connectivity index (χ1v) is 4.69. The second-order valence-corrected chi connectivity index (χ2v) is 3.59. The van der Waals surface area contributed by atoms with Gasteiger partial charge in [0.1, 0.15) is 0 Å². The summed E-state index contributed by atoms with van der Waals surface area (Å²) in [6, 6.07) is 0.864. The molecule has 0 aromatic heterocycles. The molecule has 0 aromatic rings. The zero-order valence-electron chi connectivity index (χ0n) is 7.33. The van der Waals surface area contributed by atoms with E-state index in [9.17, 15) is 0 Å². The zero-order valence-corrected chi connectivity index (χ0v) is 7.33. The zero-order chi connectivity index (χ0) is 8.67. The van der Waals surface area contributed by atoms with Gasteiger partial charge in [-0.3, -0.25) is 10.0 Å². The summed E-state index contributed by atoms with van der Waals surface area (Å²) in [5.74, 6) is 0. The van der Waals surface area contributed by atoms with Gasteiger partial charge in [0.2, 0.25) is 0 Å². The van der Waals surface area contributed by atoms with Crippen molar-refractivity contribution in [3.8, 4) is 0 Å². The number of hydrogen-bond acceptors (Lipinski definition) is 5. The van der Waals surface area contributed by atoms with E-state index in [0.717, 1.165) is 13.1 Å². The molecule has 3 rings (SSSR count). The molecule has 2 atom stereocenters. The van der Waals surface area contributed by atoms with Gasteiger partial charge < -0.3 is 5.32 Å². The molecular formula is C8H13N5. The fraction of sp³-hybridized carbons (Fsp3) is 0.625. The first-order chi connectivity index (χ1) is 6.45. The van der Waals surface area contributed by atoms with Crippen molar-refractivity contribution in [3.63, 3.8) is 0 Å². The molecule has 3 aliphatic heterocycles. The predicted octanol–water partition coefficient (Wildman–Crippen LogP) is -1.03. The minimum atomic E-state index is 0.303. The van der Waals surface area contributed by atoms with Crippen molar-refractivity contribution in [1.82, 2.24) is 21.3 Å². The average Bonchev–Trinajstić information content (AvgIpc) is 2.72. The van der Waals surface area contributed by atoms with E-state index < -0.39 is 0 Å². The van der Waals surface area contributed by atoms with Crippen molar-refractivity contribution in [2.75, 3.05) is 13.1 Å². The maximum Gasteiger partial charge on any atom is 0.0861 e. The lowest BCUT2D eigenvalue weighted by Crippen LogP contribution is -2.42. The van der Waals surface area contributed by atoms with Crippen LogP contribution >= 0.6 is 0 Å². The first kappa shape index (κ1) is 7.49. The van der Waals surface area contributed by atoms with Crippen LogP contribution in [0.25, 0.3) is 0 Å². The number of aliphatic imine (C=N–C) groups is 1. The minimum Gasteiger partial charge on any atom is -0.304 e. The Bertz CT molecular complexity index is 272. The van der Waals surface area contributed by atoms with Gasteiger partial charge in [0.25, 0.3) is 0 Å². The van der Waals surface area contributed by atoms with Crippen molar-refractivity contribution in [1.29, 1.82) is 0 Å². The van der Waals surface area contributed by atoms with Crippen LogP contribution in [0.4, 0.5) is 0 Å². The Labute approximate surface area is 76.8 Å². The molecule has 0 amide bonds. The highest BCUT2D eigenvalue weighted by Crippen LogP contribution is 2.20. The van der Waals surface area contributed by atoms with Gasteiger partial charge in [-0.05, 0) is 13.0 Å². The summed E-state index contributed by atoms with van der Waals surface area (Å²) >= 11 is 0. The number of hydrazine groups is 2. The van der Waals surface area contributed by atoms with Crippen molar-refractivity contribution in [2.45, 2.75) is 18.5 Å². The van der Waals surface area contributed by atoms with Crippen LogP contribution in [0, 0.1) is 0 Å². The molecule has 3 aliphatic rings. The Morgan fingerprint density at radius 3 is 3.54 bits per heavy atom. The summed E-state index contributed by atoms with van der Waals surface area (Å²) in [6.45, 7) is 2.06. The van der Waals surface area contributed by atoms with Gasteiger partial charge >= 0.3 is 0 Å². The molecule has 0 spiro atoms. The third-order valence-electron chi connectivity index (χ3n) is 2.78. The largest absolute Gasteiger partial charge is 0.304 e. The summed E-state index contributed by atoms with van der Waals surface area (Å²) in [5.41, 5.74) is 7.55. The summed E-state index contributed by atoms with van der Waals surface area (Å²) in [7, 11) is 0. The van der Waals surface area contributed by atoms with Crippen molar-refractivity contribution in [2.24, 2.45) is 4.99 Å². The Balaban J connectivity index is 1.91. The number of hydrogen-bond donors (Lipinski definition) is 3. The monoisotopic (exact) mass is 179 g/mol. The van der Waals surface area contributed by atoms with E-state index in [2.05, 4.69) is 26.3 Å². The number of nitrogens with zero attached hydrogens (tertiary/aromatic N) is 2. The van der Waals surface area contributed by atoms with Gasteiger partial charge in [-0.15, -0.1) is 0 Å². The van der Waals surface area contributed by atoms with Crippen molar-refractivity contribution in [3.05, 3.63) is 11.9 Å². The molecule has 2 saturated heterocycles. The highest BCUT2D eigenvalue weighted by atomic mass is 15.7. The van der Waals surface area contributed by atoms with E-state index in [0.29, 0.717) is 12.1 Å². The standard InChI is InChI=1S/C8H13N5/c1-2-10-7-4-9-5-8(7)13-6(1)3-11-12-13/h4-7,10-12H,1-3H2. The van der Waals surface area contributed by atoms with Crippen molar-refractivity contribution < 1.29 is 0 Å². The smallest absolute Gasteiger partial charge is 0.0861 e. The van der Waals surface area contributed by atoms with Gasteiger partial charge in [0.15, 0.2) is 0 Å².